The molecule has 0 aliphatic carbocycles. The number of esters is 3. The van der Waals surface area contributed by atoms with Crippen LogP contribution in [-0.4, -0.2) is 37.2 Å². The van der Waals surface area contributed by atoms with Crippen molar-refractivity contribution < 1.29 is 28.6 Å². The fraction of sp³-hybridized carbons (Fsp3) is 0.857. The van der Waals surface area contributed by atoms with Crippen molar-refractivity contribution in [1.29, 1.82) is 0 Å². The molecule has 0 rings (SSSR count). The molecule has 1 unspecified atom stereocenters. The van der Waals surface area contributed by atoms with E-state index in [4.69, 9.17) is 14.2 Å². The molecule has 0 amide bonds. The lowest BCUT2D eigenvalue weighted by molar-refractivity contribution is -0.167. The first-order valence-corrected chi connectivity index (χ1v) is 37.1. The Hall–Kier alpha value is -2.63. The van der Waals surface area contributed by atoms with Crippen LogP contribution >= 0.6 is 0 Å². The maximum Gasteiger partial charge on any atom is 0.306 e. The third-order valence-electron chi connectivity index (χ3n) is 16.8. The SMILES string of the molecule is CCCCCCC/C=C\C/C=C\C/C=C\CCCCCCCCCCCCCCC(=O)OCC(COC(=O)CCCCCCCCCCCCCCCCCCC)OC(=O)CCCCCCCCCCC/C=C\CCCCCCCCCC. The van der Waals surface area contributed by atoms with Gasteiger partial charge in [-0.15, -0.1) is 0 Å². The monoisotopic (exact) mass is 1160 g/mol. The van der Waals surface area contributed by atoms with Crippen LogP contribution in [0.3, 0.4) is 0 Å². The minimum Gasteiger partial charge on any atom is -0.462 e. The molecule has 0 heterocycles. The largest absolute Gasteiger partial charge is 0.462 e. The molecule has 0 saturated heterocycles. The number of hydrogen-bond acceptors (Lipinski definition) is 6. The zero-order valence-electron chi connectivity index (χ0n) is 56.0. The van der Waals surface area contributed by atoms with Gasteiger partial charge in [0.15, 0.2) is 6.10 Å². The van der Waals surface area contributed by atoms with E-state index in [2.05, 4.69) is 69.4 Å². The summed E-state index contributed by atoms with van der Waals surface area (Å²) in [6.45, 7) is 6.70. The molecule has 1 atom stereocenters. The number of unbranched alkanes of at least 4 members (excludes halogenated alkanes) is 50. The van der Waals surface area contributed by atoms with Crippen molar-refractivity contribution in [3.63, 3.8) is 0 Å². The van der Waals surface area contributed by atoms with E-state index < -0.39 is 6.10 Å². The van der Waals surface area contributed by atoms with E-state index >= 15 is 0 Å². The lowest BCUT2D eigenvalue weighted by Crippen LogP contribution is -2.30. The van der Waals surface area contributed by atoms with Gasteiger partial charge in [-0.2, -0.15) is 0 Å². The Morgan fingerprint density at radius 1 is 0.241 bits per heavy atom. The summed E-state index contributed by atoms with van der Waals surface area (Å²) in [5.74, 6) is -0.843. The quantitative estimate of drug-likeness (QED) is 0.0261. The minimum atomic E-state index is -0.775. The molecule has 0 spiro atoms. The van der Waals surface area contributed by atoms with Gasteiger partial charge in [0.2, 0.25) is 0 Å². The normalized spacial score (nSPS) is 12.3. The van der Waals surface area contributed by atoms with Gasteiger partial charge in [0.1, 0.15) is 13.2 Å². The smallest absolute Gasteiger partial charge is 0.306 e. The first kappa shape index (κ1) is 80.4. The van der Waals surface area contributed by atoms with E-state index in [-0.39, 0.29) is 31.1 Å². The van der Waals surface area contributed by atoms with Gasteiger partial charge in [0, 0.05) is 19.3 Å². The van der Waals surface area contributed by atoms with Gasteiger partial charge in [0.05, 0.1) is 0 Å². The van der Waals surface area contributed by atoms with Gasteiger partial charge in [-0.05, 0) is 83.5 Å². The molecule has 6 nitrogen and oxygen atoms in total. The standard InChI is InChI=1S/C77H142O6/c1-4-7-10-13-16-19-22-25-28-31-33-35-36-37-38-39-40-42-43-46-49-52-55-58-61-64-67-70-76(79)82-73-74(72-81-75(78)69-66-63-60-57-54-51-48-45-30-27-24-21-18-15-12-9-6-3)83-77(80)71-68-65-62-59-56-53-50-47-44-41-34-32-29-26-23-20-17-14-11-8-5-2/h22,25,31-34,36-37,74H,4-21,23-24,26-30,35,38-73H2,1-3H3/b25-22-,33-31-,34-32-,37-36-. The molecule has 0 bridgehead atoms. The van der Waals surface area contributed by atoms with Crippen molar-refractivity contribution in [1.82, 2.24) is 0 Å². The van der Waals surface area contributed by atoms with Gasteiger partial charge < -0.3 is 14.2 Å². The summed E-state index contributed by atoms with van der Waals surface area (Å²) in [7, 11) is 0. The van der Waals surface area contributed by atoms with Crippen LogP contribution < -0.4 is 0 Å². The third kappa shape index (κ3) is 70.0. The lowest BCUT2D eigenvalue weighted by Gasteiger charge is -2.18. The van der Waals surface area contributed by atoms with Crippen molar-refractivity contribution in [2.45, 2.75) is 412 Å². The molecule has 0 aromatic carbocycles. The van der Waals surface area contributed by atoms with E-state index in [1.54, 1.807) is 0 Å². The van der Waals surface area contributed by atoms with Gasteiger partial charge in [0.25, 0.3) is 0 Å². The first-order chi connectivity index (χ1) is 41.0. The van der Waals surface area contributed by atoms with Gasteiger partial charge in [-0.3, -0.25) is 14.4 Å². The summed E-state index contributed by atoms with van der Waals surface area (Å²) >= 11 is 0. The van der Waals surface area contributed by atoms with Crippen LogP contribution in [0.1, 0.15) is 406 Å². The van der Waals surface area contributed by atoms with Crippen molar-refractivity contribution in [2.24, 2.45) is 0 Å². The second-order valence-electron chi connectivity index (χ2n) is 25.2. The Kier molecular flexibility index (Phi) is 69.6. The number of carbonyl (C=O) groups excluding carboxylic acids is 3. The highest BCUT2D eigenvalue weighted by atomic mass is 16.6. The van der Waals surface area contributed by atoms with Crippen molar-refractivity contribution in [3.05, 3.63) is 48.6 Å². The number of rotatable bonds is 69. The fourth-order valence-corrected chi connectivity index (χ4v) is 11.2. The van der Waals surface area contributed by atoms with E-state index in [1.165, 1.54) is 295 Å². The van der Waals surface area contributed by atoms with Crippen LogP contribution in [-0.2, 0) is 28.6 Å². The summed E-state index contributed by atoms with van der Waals surface area (Å²) in [4.78, 5) is 38.5. The summed E-state index contributed by atoms with van der Waals surface area (Å²) in [5, 5.41) is 0. The van der Waals surface area contributed by atoms with Gasteiger partial charge >= 0.3 is 17.9 Å². The van der Waals surface area contributed by atoms with E-state index in [1.807, 2.05) is 0 Å². The summed E-state index contributed by atoms with van der Waals surface area (Å²) in [6, 6.07) is 0. The summed E-state index contributed by atoms with van der Waals surface area (Å²) < 4.78 is 17.0. The second-order valence-corrected chi connectivity index (χ2v) is 25.2. The second kappa shape index (κ2) is 71.8. The Labute approximate surface area is 518 Å². The van der Waals surface area contributed by atoms with Crippen molar-refractivity contribution in [2.75, 3.05) is 13.2 Å². The van der Waals surface area contributed by atoms with E-state index in [9.17, 15) is 14.4 Å². The molecule has 0 aliphatic heterocycles. The first-order valence-electron chi connectivity index (χ1n) is 37.1. The predicted octanol–water partition coefficient (Wildman–Crippen LogP) is 25.7. The predicted molar refractivity (Wildman–Crippen MR) is 362 cm³/mol. The van der Waals surface area contributed by atoms with Crippen LogP contribution in [0.4, 0.5) is 0 Å². The van der Waals surface area contributed by atoms with E-state index in [0.29, 0.717) is 19.3 Å². The molecule has 486 valence electrons. The van der Waals surface area contributed by atoms with Gasteiger partial charge in [-0.1, -0.05) is 352 Å². The summed E-state index contributed by atoms with van der Waals surface area (Å²) in [6.07, 6.45) is 91.4. The zero-order valence-corrected chi connectivity index (χ0v) is 56.0. The molecule has 0 aliphatic rings. The molecule has 83 heavy (non-hydrogen) atoms. The van der Waals surface area contributed by atoms with Crippen molar-refractivity contribution >= 4 is 17.9 Å². The highest BCUT2D eigenvalue weighted by Gasteiger charge is 2.19. The van der Waals surface area contributed by atoms with Crippen LogP contribution in [0.25, 0.3) is 0 Å². The summed E-state index contributed by atoms with van der Waals surface area (Å²) in [5.41, 5.74) is 0. The van der Waals surface area contributed by atoms with Crippen molar-refractivity contribution in [3.8, 4) is 0 Å². The Balaban J connectivity index is 4.29. The minimum absolute atomic E-state index is 0.0691. The molecule has 0 N–H and O–H groups in total. The van der Waals surface area contributed by atoms with E-state index in [0.717, 1.165) is 70.6 Å². The molecule has 6 heteroatoms. The third-order valence-corrected chi connectivity index (χ3v) is 16.8. The average Bonchev–Trinajstić information content (AvgIpc) is 3.49. The molecule has 0 aromatic heterocycles. The molecule has 0 radical (unpaired) electrons. The van der Waals surface area contributed by atoms with Crippen LogP contribution in [0.15, 0.2) is 48.6 Å². The molecule has 0 fully saturated rings. The molecule has 0 saturated carbocycles. The maximum absolute atomic E-state index is 13.0. The zero-order chi connectivity index (χ0) is 59.9. The highest BCUT2D eigenvalue weighted by Crippen LogP contribution is 2.18. The number of hydrogen-bond donors (Lipinski definition) is 0. The molecule has 0 aromatic rings. The van der Waals surface area contributed by atoms with Gasteiger partial charge in [-0.25, -0.2) is 0 Å². The van der Waals surface area contributed by atoms with Crippen LogP contribution in [0.2, 0.25) is 0 Å². The number of allylic oxidation sites excluding steroid dienone is 8. The van der Waals surface area contributed by atoms with Crippen LogP contribution in [0, 0.1) is 0 Å². The molecular formula is C77H142O6. The molecular weight excluding hydrogens is 1020 g/mol. The maximum atomic E-state index is 13.0. The number of ether oxygens (including phenoxy) is 3. The Morgan fingerprint density at radius 2 is 0.434 bits per heavy atom. The average molecular weight is 1160 g/mol. The topological polar surface area (TPSA) is 78.9 Å². The number of carbonyl (C=O) groups is 3. The fourth-order valence-electron chi connectivity index (χ4n) is 11.2. The lowest BCUT2D eigenvalue weighted by atomic mass is 10.0. The van der Waals surface area contributed by atoms with Crippen LogP contribution in [0.5, 0.6) is 0 Å². The Morgan fingerprint density at radius 3 is 0.687 bits per heavy atom. The highest BCUT2D eigenvalue weighted by molar-refractivity contribution is 5.71. The Bertz CT molecular complexity index is 1430.